The molecule has 0 aromatic carbocycles. The second-order valence-corrected chi connectivity index (χ2v) is 5.15. The first-order valence-corrected chi connectivity index (χ1v) is 6.76. The Balaban J connectivity index is 2.20. The molecule has 8 heteroatoms. The van der Waals surface area contributed by atoms with Crippen LogP contribution in [-0.4, -0.2) is 46.3 Å². The van der Waals surface area contributed by atoms with Gasteiger partial charge >= 0.3 is 5.69 Å². The van der Waals surface area contributed by atoms with E-state index in [9.17, 15) is 14.7 Å². The summed E-state index contributed by atoms with van der Waals surface area (Å²) in [6, 6.07) is 0. The average Bonchev–Trinajstić information content (AvgIpc) is 2.83. The number of aliphatic hydroxyl groups is 2. The molecule has 3 unspecified atom stereocenters. The van der Waals surface area contributed by atoms with E-state index in [2.05, 4.69) is 4.98 Å². The fourth-order valence-corrected chi connectivity index (χ4v) is 2.61. The quantitative estimate of drug-likeness (QED) is 0.573. The molecule has 2 rings (SSSR count). The number of aliphatic hydroxyl groups excluding tert-OH is 2. The Kier molecular flexibility index (Phi) is 4.79. The van der Waals surface area contributed by atoms with Crippen LogP contribution in [0.15, 0.2) is 15.8 Å². The van der Waals surface area contributed by atoms with E-state index < -0.39 is 17.5 Å². The number of nitrogens with zero attached hydrogens (tertiary/aromatic N) is 1. The Morgan fingerprint density at radius 3 is 2.90 bits per heavy atom. The molecule has 0 saturated carbocycles. The molecule has 20 heavy (non-hydrogen) atoms. The first-order valence-electron chi connectivity index (χ1n) is 6.76. The van der Waals surface area contributed by atoms with E-state index in [-0.39, 0.29) is 25.1 Å². The standard InChI is InChI=1S/C12H19BN2O5/c1-7-4-15(12(19)14-11(7)18)10-2-8(3-13-6-17)9(5-16)20-10/h4,8-10,13,16-17H,2-3,5-6H2,1H3,(H,14,18,19). The van der Waals surface area contributed by atoms with Gasteiger partial charge in [-0.05, 0) is 19.3 Å². The number of aromatic nitrogens is 2. The second-order valence-electron chi connectivity index (χ2n) is 5.15. The smallest absolute Gasteiger partial charge is 0.330 e. The molecule has 0 radical (unpaired) electrons. The van der Waals surface area contributed by atoms with Crippen LogP contribution in [0.2, 0.25) is 6.32 Å². The maximum atomic E-state index is 11.8. The van der Waals surface area contributed by atoms with Gasteiger partial charge in [-0.25, -0.2) is 4.79 Å². The van der Waals surface area contributed by atoms with Crippen LogP contribution >= 0.6 is 0 Å². The first-order chi connectivity index (χ1) is 9.56. The highest BCUT2D eigenvalue weighted by molar-refractivity contribution is 6.35. The largest absolute Gasteiger partial charge is 0.405 e. The zero-order valence-electron chi connectivity index (χ0n) is 11.4. The van der Waals surface area contributed by atoms with Crippen molar-refractivity contribution in [1.82, 2.24) is 9.55 Å². The molecular weight excluding hydrogens is 263 g/mol. The SMILES string of the molecule is Cc1cn(C2CC(CBCO)C(CO)O2)c(=O)[nH]c1=O. The number of rotatable bonds is 5. The van der Waals surface area contributed by atoms with Gasteiger partial charge in [0.15, 0.2) is 7.28 Å². The maximum absolute atomic E-state index is 11.8. The molecule has 1 aromatic rings. The molecule has 0 spiro atoms. The van der Waals surface area contributed by atoms with Gasteiger partial charge in [-0.3, -0.25) is 14.3 Å². The Labute approximate surface area is 116 Å². The number of hydrogen-bond acceptors (Lipinski definition) is 5. The minimum atomic E-state index is -0.509. The van der Waals surface area contributed by atoms with Gasteiger partial charge in [0.2, 0.25) is 0 Å². The van der Waals surface area contributed by atoms with E-state index >= 15 is 0 Å². The first kappa shape index (κ1) is 15.0. The molecule has 0 bridgehead atoms. The lowest BCUT2D eigenvalue weighted by molar-refractivity contribution is -0.0314. The van der Waals surface area contributed by atoms with Crippen LogP contribution in [0.4, 0.5) is 0 Å². The van der Waals surface area contributed by atoms with Gasteiger partial charge in [0.25, 0.3) is 5.56 Å². The Bertz CT molecular complexity index is 570. The zero-order chi connectivity index (χ0) is 14.7. The number of H-pyrrole nitrogens is 1. The summed E-state index contributed by atoms with van der Waals surface area (Å²) in [5.41, 5.74) is -0.475. The highest BCUT2D eigenvalue weighted by atomic mass is 16.5. The van der Waals surface area contributed by atoms with E-state index in [1.807, 2.05) is 0 Å². The van der Waals surface area contributed by atoms with Gasteiger partial charge in [0, 0.05) is 18.3 Å². The molecular formula is C12H19BN2O5. The molecule has 2 heterocycles. The number of aromatic amines is 1. The van der Waals surface area contributed by atoms with Crippen molar-refractivity contribution >= 4 is 7.28 Å². The topological polar surface area (TPSA) is 105 Å². The Morgan fingerprint density at radius 1 is 1.50 bits per heavy atom. The molecule has 1 saturated heterocycles. The molecule has 1 aliphatic rings. The van der Waals surface area contributed by atoms with E-state index in [0.717, 1.165) is 6.32 Å². The summed E-state index contributed by atoms with van der Waals surface area (Å²) < 4.78 is 7.05. The number of hydrogen-bond donors (Lipinski definition) is 3. The van der Waals surface area contributed by atoms with Gasteiger partial charge in [-0.2, -0.15) is 0 Å². The summed E-state index contributed by atoms with van der Waals surface area (Å²) in [5, 5.41) is 18.2. The lowest BCUT2D eigenvalue weighted by Crippen LogP contribution is -2.33. The third-order valence-corrected chi connectivity index (χ3v) is 3.73. The third-order valence-electron chi connectivity index (χ3n) is 3.73. The summed E-state index contributed by atoms with van der Waals surface area (Å²) in [4.78, 5) is 25.4. The van der Waals surface area contributed by atoms with Crippen molar-refractivity contribution in [1.29, 1.82) is 0 Å². The molecule has 1 fully saturated rings. The summed E-state index contributed by atoms with van der Waals surface area (Å²) in [7, 11) is 0.636. The predicted molar refractivity (Wildman–Crippen MR) is 74.2 cm³/mol. The van der Waals surface area contributed by atoms with Crippen molar-refractivity contribution < 1.29 is 14.9 Å². The summed E-state index contributed by atoms with van der Waals surface area (Å²) in [6.07, 6.45) is 1.96. The van der Waals surface area contributed by atoms with Crippen molar-refractivity contribution in [2.45, 2.75) is 32.0 Å². The van der Waals surface area contributed by atoms with Crippen molar-refractivity contribution in [3.8, 4) is 0 Å². The molecule has 3 atom stereocenters. The number of ether oxygens (including phenoxy) is 1. The van der Waals surface area contributed by atoms with Crippen LogP contribution in [0.1, 0.15) is 18.2 Å². The molecule has 1 aromatic heterocycles. The molecule has 7 nitrogen and oxygen atoms in total. The van der Waals surface area contributed by atoms with Crippen LogP contribution in [0.3, 0.4) is 0 Å². The van der Waals surface area contributed by atoms with Crippen LogP contribution in [0.25, 0.3) is 0 Å². The molecule has 3 N–H and O–H groups in total. The summed E-state index contributed by atoms with van der Waals surface area (Å²) in [5.74, 6) is 0.0938. The Hall–Kier alpha value is -1.38. The van der Waals surface area contributed by atoms with Crippen LogP contribution < -0.4 is 11.2 Å². The molecule has 0 amide bonds. The van der Waals surface area contributed by atoms with Crippen molar-refractivity contribution in [3.05, 3.63) is 32.6 Å². The minimum Gasteiger partial charge on any atom is -0.405 e. The number of nitrogens with one attached hydrogen (secondary N) is 1. The van der Waals surface area contributed by atoms with Gasteiger partial charge < -0.3 is 14.9 Å². The van der Waals surface area contributed by atoms with Crippen LogP contribution in [0, 0.1) is 12.8 Å². The predicted octanol–water partition coefficient (Wildman–Crippen LogP) is -1.45. The minimum absolute atomic E-state index is 0.0938. The van der Waals surface area contributed by atoms with Gasteiger partial charge in [0.05, 0.1) is 12.7 Å². The third kappa shape index (κ3) is 3.03. The summed E-state index contributed by atoms with van der Waals surface area (Å²) >= 11 is 0. The number of aryl methyl sites for hydroxylation is 1. The van der Waals surface area contributed by atoms with Gasteiger partial charge in [0.1, 0.15) is 6.23 Å². The van der Waals surface area contributed by atoms with E-state index in [0.29, 0.717) is 19.3 Å². The lowest BCUT2D eigenvalue weighted by Gasteiger charge is -2.15. The fraction of sp³-hybridized carbons (Fsp3) is 0.667. The summed E-state index contributed by atoms with van der Waals surface area (Å²) in [6.45, 7) is 1.59. The maximum Gasteiger partial charge on any atom is 0.330 e. The normalized spacial score (nSPS) is 25.9. The van der Waals surface area contributed by atoms with E-state index in [1.165, 1.54) is 10.8 Å². The average molecular weight is 282 g/mol. The highest BCUT2D eigenvalue weighted by Gasteiger charge is 2.35. The van der Waals surface area contributed by atoms with Gasteiger partial charge in [-0.15, -0.1) is 0 Å². The van der Waals surface area contributed by atoms with E-state index in [1.54, 1.807) is 6.92 Å². The molecule has 0 aliphatic carbocycles. The highest BCUT2D eigenvalue weighted by Crippen LogP contribution is 2.34. The van der Waals surface area contributed by atoms with E-state index in [4.69, 9.17) is 9.84 Å². The van der Waals surface area contributed by atoms with Gasteiger partial charge in [-0.1, -0.05) is 6.32 Å². The lowest BCUT2D eigenvalue weighted by atomic mass is 9.69. The monoisotopic (exact) mass is 282 g/mol. The zero-order valence-corrected chi connectivity index (χ0v) is 11.4. The van der Waals surface area contributed by atoms with Crippen molar-refractivity contribution in [2.24, 2.45) is 5.92 Å². The molecule has 1 aliphatic heterocycles. The Morgan fingerprint density at radius 2 is 2.25 bits per heavy atom. The second kappa shape index (κ2) is 6.38. The van der Waals surface area contributed by atoms with Crippen LogP contribution in [0.5, 0.6) is 0 Å². The van der Waals surface area contributed by atoms with Crippen molar-refractivity contribution in [2.75, 3.05) is 13.1 Å². The van der Waals surface area contributed by atoms with Crippen LogP contribution in [-0.2, 0) is 4.74 Å². The van der Waals surface area contributed by atoms with Crippen molar-refractivity contribution in [3.63, 3.8) is 0 Å². The fourth-order valence-electron chi connectivity index (χ4n) is 2.61. The molecule has 110 valence electrons.